The Hall–Kier alpha value is -3.30. The van der Waals surface area contributed by atoms with Gasteiger partial charge in [0.2, 0.25) is 10.0 Å². The van der Waals surface area contributed by atoms with Crippen LogP contribution in [0.5, 0.6) is 11.5 Å². The van der Waals surface area contributed by atoms with Gasteiger partial charge in [0.1, 0.15) is 18.1 Å². The summed E-state index contributed by atoms with van der Waals surface area (Å²) in [4.78, 5) is 21.1. The lowest BCUT2D eigenvalue weighted by Gasteiger charge is -2.18. The predicted molar refractivity (Wildman–Crippen MR) is 124 cm³/mol. The second-order valence-electron chi connectivity index (χ2n) is 9.00. The Bertz CT molecular complexity index is 1280. The number of Topliss-reactive ketones (excluding diaryl/α,β-unsaturated/α-hetero) is 1. The molecule has 0 aliphatic rings. The smallest absolute Gasteiger partial charge is 0.238 e. The SMILES string of the molecule is Cc1c(OCc2cnc(-c3cccc(S(N)(=O)=O)c3)cn2)ccc(C(=O)CC(C)(C)C)c1O. The van der Waals surface area contributed by atoms with E-state index in [1.165, 1.54) is 24.5 Å². The number of benzene rings is 2. The van der Waals surface area contributed by atoms with Gasteiger partial charge in [-0.05, 0) is 36.6 Å². The quantitative estimate of drug-likeness (QED) is 0.500. The summed E-state index contributed by atoms with van der Waals surface area (Å²) in [5, 5.41) is 15.7. The number of phenols is 1. The fraction of sp³-hybridized carbons (Fsp3) is 0.292. The van der Waals surface area contributed by atoms with Crippen molar-refractivity contribution in [3.63, 3.8) is 0 Å². The molecule has 1 heterocycles. The van der Waals surface area contributed by atoms with Gasteiger partial charge in [-0.2, -0.15) is 0 Å². The zero-order valence-electron chi connectivity index (χ0n) is 19.0. The van der Waals surface area contributed by atoms with Crippen LogP contribution in [0.25, 0.3) is 11.3 Å². The summed E-state index contributed by atoms with van der Waals surface area (Å²) in [5.41, 5.74) is 2.16. The van der Waals surface area contributed by atoms with Crippen LogP contribution in [-0.2, 0) is 16.6 Å². The molecule has 0 saturated heterocycles. The van der Waals surface area contributed by atoms with E-state index >= 15 is 0 Å². The van der Waals surface area contributed by atoms with Crippen molar-refractivity contribution in [2.75, 3.05) is 0 Å². The first-order valence-electron chi connectivity index (χ1n) is 10.3. The maximum absolute atomic E-state index is 12.5. The minimum atomic E-state index is -3.82. The summed E-state index contributed by atoms with van der Waals surface area (Å²) < 4.78 is 28.9. The van der Waals surface area contributed by atoms with Gasteiger partial charge in [-0.25, -0.2) is 13.6 Å². The van der Waals surface area contributed by atoms with Crippen LogP contribution in [0.3, 0.4) is 0 Å². The molecule has 3 aromatic rings. The molecular weight excluding hydrogens is 442 g/mol. The van der Waals surface area contributed by atoms with Crippen LogP contribution in [0.15, 0.2) is 53.7 Å². The van der Waals surface area contributed by atoms with E-state index in [4.69, 9.17) is 9.88 Å². The van der Waals surface area contributed by atoms with Crippen molar-refractivity contribution < 1.29 is 23.1 Å². The number of hydrogen-bond donors (Lipinski definition) is 2. The van der Waals surface area contributed by atoms with Crippen LogP contribution in [0.1, 0.15) is 48.8 Å². The zero-order chi connectivity index (χ0) is 24.4. The van der Waals surface area contributed by atoms with E-state index in [9.17, 15) is 18.3 Å². The number of rotatable bonds is 7. The number of aromatic hydroxyl groups is 1. The van der Waals surface area contributed by atoms with E-state index in [2.05, 4.69) is 9.97 Å². The number of phenolic OH excluding ortho intramolecular Hbond substituents is 1. The number of ketones is 1. The number of carbonyl (C=O) groups is 1. The van der Waals surface area contributed by atoms with Gasteiger partial charge in [-0.3, -0.25) is 14.8 Å². The molecule has 0 unspecified atom stereocenters. The van der Waals surface area contributed by atoms with Gasteiger partial charge >= 0.3 is 0 Å². The van der Waals surface area contributed by atoms with Crippen molar-refractivity contribution in [1.29, 1.82) is 0 Å². The maximum Gasteiger partial charge on any atom is 0.238 e. The second-order valence-corrected chi connectivity index (χ2v) is 10.6. The molecule has 9 heteroatoms. The number of carbonyl (C=O) groups excluding carboxylic acids is 1. The average Bonchev–Trinajstić information content (AvgIpc) is 2.73. The molecule has 1 aromatic heterocycles. The van der Waals surface area contributed by atoms with Crippen molar-refractivity contribution in [3.05, 3.63) is 65.6 Å². The van der Waals surface area contributed by atoms with Crippen molar-refractivity contribution in [2.45, 2.75) is 45.6 Å². The Morgan fingerprint density at radius 1 is 1.12 bits per heavy atom. The van der Waals surface area contributed by atoms with E-state index in [-0.39, 0.29) is 34.0 Å². The standard InChI is InChI=1S/C24H27N3O5S/c1-15-22(9-8-19(23(15)29)21(28)11-24(2,3)4)32-14-17-12-27-20(13-26-17)16-6-5-7-18(10-16)33(25,30)31/h5-10,12-13,29H,11,14H2,1-4H3,(H2,25,30,31). The number of nitrogens with two attached hydrogens (primary N) is 1. The summed E-state index contributed by atoms with van der Waals surface area (Å²) in [6, 6.07) is 9.37. The van der Waals surface area contributed by atoms with E-state index in [0.29, 0.717) is 34.7 Å². The lowest BCUT2D eigenvalue weighted by atomic mass is 9.87. The molecular formula is C24H27N3O5S. The Labute approximate surface area is 193 Å². The van der Waals surface area contributed by atoms with Crippen LogP contribution in [0, 0.1) is 12.3 Å². The molecule has 0 radical (unpaired) electrons. The summed E-state index contributed by atoms with van der Waals surface area (Å²) in [6.07, 6.45) is 3.36. The van der Waals surface area contributed by atoms with Crippen LogP contribution in [0.2, 0.25) is 0 Å². The Morgan fingerprint density at radius 3 is 2.45 bits per heavy atom. The Kier molecular flexibility index (Phi) is 6.85. The minimum absolute atomic E-state index is 0.00563. The molecule has 0 atom stereocenters. The van der Waals surface area contributed by atoms with E-state index in [0.717, 1.165) is 0 Å². The number of nitrogens with zero attached hydrogens (tertiary/aromatic N) is 2. The molecule has 0 fully saturated rings. The van der Waals surface area contributed by atoms with Crippen LogP contribution >= 0.6 is 0 Å². The third kappa shape index (κ3) is 6.15. The fourth-order valence-electron chi connectivity index (χ4n) is 3.20. The number of ether oxygens (including phenoxy) is 1. The summed E-state index contributed by atoms with van der Waals surface area (Å²) >= 11 is 0. The Balaban J connectivity index is 1.72. The second kappa shape index (κ2) is 9.29. The molecule has 8 nitrogen and oxygen atoms in total. The van der Waals surface area contributed by atoms with E-state index in [1.54, 1.807) is 31.2 Å². The number of sulfonamides is 1. The van der Waals surface area contributed by atoms with Gasteiger partial charge in [0.25, 0.3) is 0 Å². The van der Waals surface area contributed by atoms with Gasteiger partial charge < -0.3 is 9.84 Å². The number of primary sulfonamides is 1. The first-order chi connectivity index (χ1) is 15.3. The molecule has 3 rings (SSSR count). The van der Waals surface area contributed by atoms with Gasteiger partial charge in [0, 0.05) is 17.5 Å². The molecule has 33 heavy (non-hydrogen) atoms. The summed E-state index contributed by atoms with van der Waals surface area (Å²) in [7, 11) is -3.82. The summed E-state index contributed by atoms with van der Waals surface area (Å²) in [5.74, 6) is 0.229. The van der Waals surface area contributed by atoms with E-state index in [1.807, 2.05) is 20.8 Å². The lowest BCUT2D eigenvalue weighted by molar-refractivity contribution is 0.0937. The number of aromatic nitrogens is 2. The summed E-state index contributed by atoms with van der Waals surface area (Å²) in [6.45, 7) is 7.69. The molecule has 174 valence electrons. The topological polar surface area (TPSA) is 132 Å². The highest BCUT2D eigenvalue weighted by Crippen LogP contribution is 2.33. The predicted octanol–water partition coefficient (Wildman–Crippen LogP) is 4.00. The fourth-order valence-corrected chi connectivity index (χ4v) is 3.76. The minimum Gasteiger partial charge on any atom is -0.507 e. The van der Waals surface area contributed by atoms with Crippen LogP contribution in [-0.4, -0.2) is 29.3 Å². The molecule has 0 saturated carbocycles. The van der Waals surface area contributed by atoms with Crippen LogP contribution < -0.4 is 9.88 Å². The highest BCUT2D eigenvalue weighted by Gasteiger charge is 2.21. The van der Waals surface area contributed by atoms with Gasteiger partial charge in [-0.15, -0.1) is 0 Å². The molecule has 0 spiro atoms. The first-order valence-corrected chi connectivity index (χ1v) is 11.8. The highest BCUT2D eigenvalue weighted by atomic mass is 32.2. The molecule has 3 N–H and O–H groups in total. The third-order valence-corrected chi connectivity index (χ3v) is 5.82. The van der Waals surface area contributed by atoms with Crippen molar-refractivity contribution in [2.24, 2.45) is 10.6 Å². The van der Waals surface area contributed by atoms with Crippen molar-refractivity contribution in [3.8, 4) is 22.8 Å². The van der Waals surface area contributed by atoms with Gasteiger partial charge in [-0.1, -0.05) is 32.9 Å². The van der Waals surface area contributed by atoms with Gasteiger partial charge in [0.15, 0.2) is 5.78 Å². The zero-order valence-corrected chi connectivity index (χ0v) is 19.8. The van der Waals surface area contributed by atoms with E-state index < -0.39 is 10.0 Å². The average molecular weight is 470 g/mol. The van der Waals surface area contributed by atoms with Crippen molar-refractivity contribution in [1.82, 2.24) is 9.97 Å². The number of hydrogen-bond acceptors (Lipinski definition) is 7. The highest BCUT2D eigenvalue weighted by molar-refractivity contribution is 7.89. The maximum atomic E-state index is 12.5. The monoisotopic (exact) mass is 469 g/mol. The molecule has 0 aliphatic carbocycles. The molecule has 0 bridgehead atoms. The molecule has 0 amide bonds. The van der Waals surface area contributed by atoms with Crippen molar-refractivity contribution >= 4 is 15.8 Å². The normalized spacial score (nSPS) is 11.9. The van der Waals surface area contributed by atoms with Gasteiger partial charge in [0.05, 0.1) is 34.2 Å². The first kappa shape index (κ1) is 24.3. The lowest BCUT2D eigenvalue weighted by Crippen LogP contribution is -2.13. The third-order valence-electron chi connectivity index (χ3n) is 4.91. The molecule has 2 aromatic carbocycles. The Morgan fingerprint density at radius 2 is 1.85 bits per heavy atom. The van der Waals surface area contributed by atoms with Crippen LogP contribution in [0.4, 0.5) is 0 Å². The largest absolute Gasteiger partial charge is 0.507 e. The molecule has 0 aliphatic heterocycles.